The smallest absolute Gasteiger partial charge is 0.227 e. The summed E-state index contributed by atoms with van der Waals surface area (Å²) in [6, 6.07) is 0.282. The van der Waals surface area contributed by atoms with Gasteiger partial charge >= 0.3 is 0 Å². The van der Waals surface area contributed by atoms with Crippen LogP contribution >= 0.6 is 0 Å². The Labute approximate surface area is 128 Å². The monoisotopic (exact) mass is 294 g/mol. The van der Waals surface area contributed by atoms with Crippen LogP contribution in [0.4, 0.5) is 0 Å². The molecule has 0 saturated carbocycles. The van der Waals surface area contributed by atoms with Crippen LogP contribution in [0.15, 0.2) is 0 Å². The van der Waals surface area contributed by atoms with Gasteiger partial charge in [0, 0.05) is 37.5 Å². The van der Waals surface area contributed by atoms with Crippen LogP contribution in [-0.4, -0.2) is 47.3 Å². The second-order valence-corrected chi connectivity index (χ2v) is 7.98. The number of nitrogens with zero attached hydrogens (tertiary/aromatic N) is 2. The van der Waals surface area contributed by atoms with E-state index in [4.69, 9.17) is 0 Å². The molecule has 2 saturated heterocycles. The summed E-state index contributed by atoms with van der Waals surface area (Å²) >= 11 is 0. The molecule has 4 heteroatoms. The molecule has 0 aromatic rings. The molecule has 4 nitrogen and oxygen atoms in total. The van der Waals surface area contributed by atoms with Crippen LogP contribution in [0, 0.1) is 17.3 Å². The van der Waals surface area contributed by atoms with Crippen molar-refractivity contribution < 1.29 is 9.59 Å². The van der Waals surface area contributed by atoms with Crippen LogP contribution in [0.3, 0.4) is 0 Å². The SMILES string of the molecule is CC(C)N1CCC2CN(C(=O)C(C)(C)C)CCC2CC1=O. The molecule has 0 radical (unpaired) electrons. The third kappa shape index (κ3) is 3.58. The molecule has 2 heterocycles. The van der Waals surface area contributed by atoms with Crippen LogP contribution in [0.1, 0.15) is 53.9 Å². The number of fused-ring (bicyclic) bond motifs is 1. The third-order valence-electron chi connectivity index (χ3n) is 4.94. The molecule has 2 atom stereocenters. The highest BCUT2D eigenvalue weighted by molar-refractivity contribution is 5.81. The van der Waals surface area contributed by atoms with E-state index in [1.165, 1.54) is 0 Å². The quantitative estimate of drug-likeness (QED) is 0.745. The summed E-state index contributed by atoms with van der Waals surface area (Å²) in [4.78, 5) is 28.8. The molecule has 2 rings (SSSR count). The summed E-state index contributed by atoms with van der Waals surface area (Å²) in [5.41, 5.74) is -0.308. The molecule has 120 valence electrons. The number of hydrogen-bond donors (Lipinski definition) is 0. The largest absolute Gasteiger partial charge is 0.342 e. The third-order valence-corrected chi connectivity index (χ3v) is 4.94. The van der Waals surface area contributed by atoms with Gasteiger partial charge in [-0.3, -0.25) is 9.59 Å². The van der Waals surface area contributed by atoms with Crippen molar-refractivity contribution in [1.82, 2.24) is 9.80 Å². The van der Waals surface area contributed by atoms with Gasteiger partial charge < -0.3 is 9.80 Å². The van der Waals surface area contributed by atoms with Crippen molar-refractivity contribution in [1.29, 1.82) is 0 Å². The maximum atomic E-state index is 12.5. The van der Waals surface area contributed by atoms with E-state index in [1.807, 2.05) is 30.6 Å². The number of carbonyl (C=O) groups is 2. The highest BCUT2D eigenvalue weighted by atomic mass is 16.2. The first-order chi connectivity index (χ1) is 9.70. The minimum Gasteiger partial charge on any atom is -0.342 e. The Morgan fingerprint density at radius 1 is 1.14 bits per heavy atom. The first kappa shape index (κ1) is 16.3. The number of piperidine rings is 1. The molecule has 2 aliphatic heterocycles. The van der Waals surface area contributed by atoms with Gasteiger partial charge in [-0.1, -0.05) is 20.8 Å². The average molecular weight is 294 g/mol. The van der Waals surface area contributed by atoms with E-state index >= 15 is 0 Å². The van der Waals surface area contributed by atoms with E-state index in [-0.39, 0.29) is 17.4 Å². The fraction of sp³-hybridized carbons (Fsp3) is 0.882. The van der Waals surface area contributed by atoms with E-state index in [1.54, 1.807) is 0 Å². The zero-order chi connectivity index (χ0) is 15.8. The minimum absolute atomic E-state index is 0.247. The van der Waals surface area contributed by atoms with Gasteiger partial charge in [-0.25, -0.2) is 0 Å². The van der Waals surface area contributed by atoms with Crippen molar-refractivity contribution in [3.05, 3.63) is 0 Å². The lowest BCUT2D eigenvalue weighted by atomic mass is 9.81. The van der Waals surface area contributed by atoms with Gasteiger partial charge in [0.05, 0.1) is 0 Å². The molecule has 0 aromatic carbocycles. The topological polar surface area (TPSA) is 40.6 Å². The van der Waals surface area contributed by atoms with Crippen LogP contribution in [0.2, 0.25) is 0 Å². The van der Waals surface area contributed by atoms with Crippen LogP contribution in [0.25, 0.3) is 0 Å². The summed E-state index contributed by atoms with van der Waals surface area (Å²) in [6.07, 6.45) is 2.67. The first-order valence-electron chi connectivity index (χ1n) is 8.29. The number of amides is 2. The molecule has 0 spiro atoms. The molecule has 2 fully saturated rings. The summed E-state index contributed by atoms with van der Waals surface area (Å²) in [7, 11) is 0. The zero-order valence-corrected chi connectivity index (χ0v) is 14.2. The minimum atomic E-state index is -0.308. The molecule has 0 aromatic heterocycles. The average Bonchev–Trinajstić information content (AvgIpc) is 2.54. The van der Waals surface area contributed by atoms with Gasteiger partial charge in [0.25, 0.3) is 0 Å². The maximum absolute atomic E-state index is 12.5. The predicted molar refractivity (Wildman–Crippen MR) is 83.7 cm³/mol. The Kier molecular flexibility index (Phi) is 4.64. The van der Waals surface area contributed by atoms with Gasteiger partial charge in [-0.2, -0.15) is 0 Å². The zero-order valence-electron chi connectivity index (χ0n) is 14.2. The summed E-state index contributed by atoms with van der Waals surface area (Å²) in [5, 5.41) is 0. The van der Waals surface area contributed by atoms with Crippen molar-refractivity contribution in [2.45, 2.75) is 59.9 Å². The number of rotatable bonds is 1. The van der Waals surface area contributed by atoms with E-state index in [0.29, 0.717) is 24.2 Å². The Balaban J connectivity index is 2.05. The molecular formula is C17H30N2O2. The van der Waals surface area contributed by atoms with E-state index in [9.17, 15) is 9.59 Å². The van der Waals surface area contributed by atoms with Crippen LogP contribution in [0.5, 0.6) is 0 Å². The Bertz CT molecular complexity index is 412. The Morgan fingerprint density at radius 2 is 1.76 bits per heavy atom. The molecule has 2 aliphatic rings. The number of likely N-dealkylation sites (tertiary alicyclic amines) is 2. The van der Waals surface area contributed by atoms with Crippen molar-refractivity contribution >= 4 is 11.8 Å². The van der Waals surface area contributed by atoms with Crippen molar-refractivity contribution in [3.63, 3.8) is 0 Å². The van der Waals surface area contributed by atoms with Gasteiger partial charge in [0.1, 0.15) is 0 Å². The Morgan fingerprint density at radius 3 is 2.33 bits per heavy atom. The van der Waals surface area contributed by atoms with Crippen molar-refractivity contribution in [2.24, 2.45) is 17.3 Å². The Hall–Kier alpha value is -1.06. The predicted octanol–water partition coefficient (Wildman–Crippen LogP) is 2.53. The molecule has 21 heavy (non-hydrogen) atoms. The molecule has 0 aliphatic carbocycles. The van der Waals surface area contributed by atoms with Crippen molar-refractivity contribution in [2.75, 3.05) is 19.6 Å². The molecular weight excluding hydrogens is 264 g/mol. The number of hydrogen-bond acceptors (Lipinski definition) is 2. The van der Waals surface area contributed by atoms with E-state index in [0.717, 1.165) is 32.5 Å². The van der Waals surface area contributed by atoms with E-state index in [2.05, 4.69) is 13.8 Å². The summed E-state index contributed by atoms with van der Waals surface area (Å²) in [6.45, 7) is 12.6. The lowest BCUT2D eigenvalue weighted by Gasteiger charge is -2.40. The van der Waals surface area contributed by atoms with Crippen LogP contribution in [-0.2, 0) is 9.59 Å². The standard InChI is InChI=1S/C17H30N2O2/c1-12(2)19-9-7-14-11-18(16(21)17(3,4)5)8-6-13(14)10-15(19)20/h12-14H,6-11H2,1-5H3. The molecule has 2 amide bonds. The van der Waals surface area contributed by atoms with Crippen molar-refractivity contribution in [3.8, 4) is 0 Å². The van der Waals surface area contributed by atoms with Gasteiger partial charge in [0.2, 0.25) is 11.8 Å². The lowest BCUT2D eigenvalue weighted by Crippen LogP contribution is -2.47. The summed E-state index contributed by atoms with van der Waals surface area (Å²) in [5.74, 6) is 1.49. The number of carbonyl (C=O) groups excluding carboxylic acids is 2. The second kappa shape index (κ2) is 5.98. The molecule has 0 N–H and O–H groups in total. The molecule has 2 unspecified atom stereocenters. The second-order valence-electron chi connectivity index (χ2n) is 7.98. The highest BCUT2D eigenvalue weighted by Crippen LogP contribution is 2.34. The molecule has 0 bridgehead atoms. The fourth-order valence-corrected chi connectivity index (χ4v) is 3.65. The first-order valence-corrected chi connectivity index (χ1v) is 8.29. The van der Waals surface area contributed by atoms with Crippen LogP contribution < -0.4 is 0 Å². The van der Waals surface area contributed by atoms with E-state index < -0.39 is 0 Å². The normalized spacial score (nSPS) is 27.6. The summed E-state index contributed by atoms with van der Waals surface area (Å²) < 4.78 is 0. The fourth-order valence-electron chi connectivity index (χ4n) is 3.65. The van der Waals surface area contributed by atoms with Gasteiger partial charge in [-0.05, 0) is 38.5 Å². The maximum Gasteiger partial charge on any atom is 0.227 e. The highest BCUT2D eigenvalue weighted by Gasteiger charge is 2.38. The van der Waals surface area contributed by atoms with Gasteiger partial charge in [0.15, 0.2) is 0 Å². The lowest BCUT2D eigenvalue weighted by molar-refractivity contribution is -0.142. The van der Waals surface area contributed by atoms with Gasteiger partial charge in [-0.15, -0.1) is 0 Å².